The molecule has 1 saturated heterocycles. The summed E-state index contributed by atoms with van der Waals surface area (Å²) in [5, 5.41) is 0.191. The summed E-state index contributed by atoms with van der Waals surface area (Å²) in [6.45, 7) is 13.5. The van der Waals surface area contributed by atoms with E-state index in [1.165, 1.54) is 0 Å². The Balaban J connectivity index is 2.11. The van der Waals surface area contributed by atoms with E-state index in [-0.39, 0.29) is 47.5 Å². The summed E-state index contributed by atoms with van der Waals surface area (Å²) in [7, 11) is 3.51. The molecule has 0 N–H and O–H groups in total. The molecule has 0 aromatic rings. The van der Waals surface area contributed by atoms with Gasteiger partial charge in [-0.05, 0) is 24.6 Å². The number of rotatable bonds is 7. The lowest BCUT2D eigenvalue weighted by Crippen LogP contribution is -2.43. The fourth-order valence-electron chi connectivity index (χ4n) is 3.58. The zero-order chi connectivity index (χ0) is 19.7. The molecule has 0 radical (unpaired) electrons. The zero-order valence-electron chi connectivity index (χ0n) is 17.0. The Morgan fingerprint density at radius 2 is 2.04 bits per heavy atom. The number of esters is 1. The summed E-state index contributed by atoms with van der Waals surface area (Å²) in [6.07, 6.45) is 6.86. The maximum Gasteiger partial charge on any atom is 0.336 e. The molecule has 26 heavy (non-hydrogen) atoms. The maximum atomic E-state index is 11.7. The predicted octanol–water partition coefficient (Wildman–Crippen LogP) is 4.41. The Hall–Kier alpha value is 0.272. The predicted molar refractivity (Wildman–Crippen MR) is 118 cm³/mol. The van der Waals surface area contributed by atoms with Crippen molar-refractivity contribution in [1.29, 1.82) is 0 Å². The van der Waals surface area contributed by atoms with E-state index >= 15 is 0 Å². The third kappa shape index (κ3) is 5.41. The summed E-state index contributed by atoms with van der Waals surface area (Å²) >= 11 is 0. The summed E-state index contributed by atoms with van der Waals surface area (Å²) in [5.41, 5.74) is 0. The van der Waals surface area contributed by atoms with Crippen molar-refractivity contribution in [3.8, 4) is 0 Å². The Bertz CT molecular complexity index is 536. The highest BCUT2D eigenvalue weighted by molar-refractivity contribution is 7.92. The average molecular weight is 416 g/mol. The fourth-order valence-corrected chi connectivity index (χ4v) is 5.34. The van der Waals surface area contributed by atoms with Gasteiger partial charge in [0, 0.05) is 18.3 Å². The molecule has 148 valence electrons. The Morgan fingerprint density at radius 3 is 2.58 bits per heavy atom. The van der Waals surface area contributed by atoms with Crippen LogP contribution in [0.4, 0.5) is 0 Å². The van der Waals surface area contributed by atoms with Crippen LogP contribution in [0.5, 0.6) is 0 Å². The third-order valence-corrected chi connectivity index (χ3v) is 10.9. The summed E-state index contributed by atoms with van der Waals surface area (Å²) in [4.78, 5) is 11.7. The highest BCUT2D eigenvalue weighted by Gasteiger charge is 2.49. The summed E-state index contributed by atoms with van der Waals surface area (Å²) in [5.74, 6) is 0.352. The molecule has 4 nitrogen and oxygen atoms in total. The van der Waals surface area contributed by atoms with Crippen LogP contribution in [0.3, 0.4) is 0 Å². The van der Waals surface area contributed by atoms with Crippen LogP contribution in [0, 0.1) is 11.8 Å². The van der Waals surface area contributed by atoms with Gasteiger partial charge >= 0.3 is 12.3 Å². The minimum Gasteiger partial charge on any atom is -0.462 e. The molecule has 1 aliphatic carbocycles. The molecule has 0 aromatic heterocycles. The average Bonchev–Trinajstić information content (AvgIpc) is 2.97. The molecule has 1 aliphatic heterocycles. The first kappa shape index (κ1) is 22.6. The molecular formula is C18H35BO4P2Si. The molecule has 1 heterocycles. The SMILES string of the molecule is CC[C@@H](/C=C/[C@@H]1[C@H]2CC(=O)O[C@H]2C[C@H]1OB(P)P)O[Si](C)(C)C(C)(C)C. The lowest BCUT2D eigenvalue weighted by molar-refractivity contribution is -0.141. The maximum absolute atomic E-state index is 11.7. The van der Waals surface area contributed by atoms with E-state index in [4.69, 9.17) is 13.8 Å². The van der Waals surface area contributed by atoms with E-state index in [9.17, 15) is 4.79 Å². The normalized spacial score (nSPS) is 30.5. The summed E-state index contributed by atoms with van der Waals surface area (Å²) in [6, 6.07) is 0. The van der Waals surface area contributed by atoms with Crippen molar-refractivity contribution in [3.05, 3.63) is 12.2 Å². The van der Waals surface area contributed by atoms with Crippen molar-refractivity contribution in [2.45, 2.75) is 83.4 Å². The van der Waals surface area contributed by atoms with Crippen LogP contribution in [0.25, 0.3) is 0 Å². The van der Waals surface area contributed by atoms with Gasteiger partial charge in [0.05, 0.1) is 18.6 Å². The van der Waals surface area contributed by atoms with E-state index in [0.717, 1.165) is 12.8 Å². The third-order valence-electron chi connectivity index (χ3n) is 6.09. The molecule has 2 fully saturated rings. The molecule has 0 bridgehead atoms. The van der Waals surface area contributed by atoms with E-state index in [2.05, 4.69) is 71.2 Å². The molecule has 8 heteroatoms. The molecule has 2 rings (SSSR count). The van der Waals surface area contributed by atoms with Gasteiger partial charge in [-0.2, -0.15) is 0 Å². The fraction of sp³-hybridized carbons (Fsp3) is 0.833. The van der Waals surface area contributed by atoms with Crippen LogP contribution in [0.1, 0.15) is 47.0 Å². The van der Waals surface area contributed by atoms with E-state index in [1.807, 2.05) is 0 Å². The number of hydrogen-bond donors (Lipinski definition) is 0. The zero-order valence-corrected chi connectivity index (χ0v) is 20.3. The van der Waals surface area contributed by atoms with Crippen molar-refractivity contribution in [2.24, 2.45) is 11.8 Å². The number of carbonyl (C=O) groups is 1. The molecular weight excluding hydrogens is 381 g/mol. The Kier molecular flexibility index (Phi) is 7.58. The second-order valence-corrected chi connectivity index (χ2v) is 15.9. The van der Waals surface area contributed by atoms with Gasteiger partial charge in [-0.15, -0.1) is 18.2 Å². The van der Waals surface area contributed by atoms with E-state index < -0.39 is 8.32 Å². The number of ether oxygens (including phenoxy) is 1. The van der Waals surface area contributed by atoms with Crippen molar-refractivity contribution in [3.63, 3.8) is 0 Å². The number of carbonyl (C=O) groups excluding carboxylic acids is 1. The minimum atomic E-state index is -1.81. The van der Waals surface area contributed by atoms with Gasteiger partial charge in [0.2, 0.25) is 0 Å². The molecule has 0 amide bonds. The summed E-state index contributed by atoms with van der Waals surface area (Å²) < 4.78 is 18.1. The van der Waals surface area contributed by atoms with Crippen LogP contribution in [-0.2, 0) is 18.6 Å². The van der Waals surface area contributed by atoms with Gasteiger partial charge in [-0.25, -0.2) is 0 Å². The molecule has 2 unspecified atom stereocenters. The first-order valence-electron chi connectivity index (χ1n) is 9.67. The lowest BCUT2D eigenvalue weighted by atomic mass is 9.91. The molecule has 7 atom stereocenters. The molecule has 1 saturated carbocycles. The van der Waals surface area contributed by atoms with Crippen LogP contribution in [-0.4, -0.2) is 39.0 Å². The first-order valence-corrected chi connectivity index (χ1v) is 13.9. The van der Waals surface area contributed by atoms with Gasteiger partial charge in [0.1, 0.15) is 6.10 Å². The molecule has 2 aliphatic rings. The highest BCUT2D eigenvalue weighted by atomic mass is 31.1. The smallest absolute Gasteiger partial charge is 0.336 e. The molecule has 0 spiro atoms. The van der Waals surface area contributed by atoms with Crippen molar-refractivity contribution in [1.82, 2.24) is 0 Å². The van der Waals surface area contributed by atoms with E-state index in [1.54, 1.807) is 0 Å². The van der Waals surface area contributed by atoms with Gasteiger partial charge < -0.3 is 13.8 Å². The second-order valence-electron chi connectivity index (χ2n) is 9.06. The van der Waals surface area contributed by atoms with Gasteiger partial charge in [0.25, 0.3) is 0 Å². The topological polar surface area (TPSA) is 44.8 Å². The lowest BCUT2D eigenvalue weighted by Gasteiger charge is -2.38. The van der Waals surface area contributed by atoms with Crippen molar-refractivity contribution < 1.29 is 18.6 Å². The van der Waals surface area contributed by atoms with Crippen molar-refractivity contribution in [2.75, 3.05) is 0 Å². The van der Waals surface area contributed by atoms with Crippen LogP contribution in [0.15, 0.2) is 12.2 Å². The van der Waals surface area contributed by atoms with E-state index in [0.29, 0.717) is 6.42 Å². The number of hydrogen-bond acceptors (Lipinski definition) is 4. The van der Waals surface area contributed by atoms with Crippen LogP contribution in [0.2, 0.25) is 18.1 Å². The quantitative estimate of drug-likeness (QED) is 0.267. The van der Waals surface area contributed by atoms with Crippen molar-refractivity contribution >= 4 is 38.9 Å². The Labute approximate surface area is 165 Å². The molecule has 0 aromatic carbocycles. The van der Waals surface area contributed by atoms with Gasteiger partial charge in [-0.3, -0.25) is 4.79 Å². The number of fused-ring (bicyclic) bond motifs is 1. The first-order chi connectivity index (χ1) is 11.9. The second kappa shape index (κ2) is 8.74. The van der Waals surface area contributed by atoms with Crippen LogP contribution >= 0.6 is 18.2 Å². The minimum absolute atomic E-state index is 0.00251. The Morgan fingerprint density at radius 1 is 1.38 bits per heavy atom. The van der Waals surface area contributed by atoms with Crippen LogP contribution < -0.4 is 0 Å². The monoisotopic (exact) mass is 416 g/mol. The van der Waals surface area contributed by atoms with Gasteiger partial charge in [-0.1, -0.05) is 39.8 Å². The van der Waals surface area contributed by atoms with Gasteiger partial charge in [0.15, 0.2) is 8.32 Å². The largest absolute Gasteiger partial charge is 0.462 e. The standard InChI is InChI=1S/C18H35BO4P2Si/c1-7-12(23-26(5,6)18(2,3)4)8-9-13-14-10-17(20)21-15(14)11-16(13)22-19(24)25/h8-9,12-16H,7,10-11,24-25H2,1-6H3/b9-8+/t12-,13+,14+,15-,16+/m0/s1. The highest BCUT2D eigenvalue weighted by Crippen LogP contribution is 2.44.